The summed E-state index contributed by atoms with van der Waals surface area (Å²) < 4.78 is 5.99. The van der Waals surface area contributed by atoms with Gasteiger partial charge in [-0.3, -0.25) is 0 Å². The highest BCUT2D eigenvalue weighted by Gasteiger charge is 2.11. The molecule has 0 saturated carbocycles. The standard InChI is InChI=1S/C19H25NO/c1-14-7-9-17(10-8-14)18(13-20)11-12-21-19-15(2)5-4-6-16(19)3/h4-10,18H,11-13,20H2,1-3H3. The first-order valence-corrected chi connectivity index (χ1v) is 7.57. The SMILES string of the molecule is Cc1ccc(C(CN)CCOc2c(C)cccc2C)cc1. The molecule has 0 aliphatic rings. The number of para-hydroxylation sites is 1. The first-order valence-electron chi connectivity index (χ1n) is 7.57. The van der Waals surface area contributed by atoms with Crippen LogP contribution in [0, 0.1) is 20.8 Å². The van der Waals surface area contributed by atoms with E-state index in [4.69, 9.17) is 10.5 Å². The molecule has 0 spiro atoms. The smallest absolute Gasteiger partial charge is 0.125 e. The van der Waals surface area contributed by atoms with Crippen LogP contribution < -0.4 is 10.5 Å². The van der Waals surface area contributed by atoms with Gasteiger partial charge in [0.15, 0.2) is 0 Å². The highest BCUT2D eigenvalue weighted by molar-refractivity contribution is 5.39. The fraction of sp³-hybridized carbons (Fsp3) is 0.368. The van der Waals surface area contributed by atoms with Crippen molar-refractivity contribution in [1.29, 1.82) is 0 Å². The molecule has 0 heterocycles. The van der Waals surface area contributed by atoms with E-state index in [1.54, 1.807) is 0 Å². The van der Waals surface area contributed by atoms with Crippen LogP contribution in [0.15, 0.2) is 42.5 Å². The van der Waals surface area contributed by atoms with Gasteiger partial charge < -0.3 is 10.5 Å². The molecule has 2 nitrogen and oxygen atoms in total. The lowest BCUT2D eigenvalue weighted by atomic mass is 9.95. The van der Waals surface area contributed by atoms with E-state index in [2.05, 4.69) is 63.2 Å². The van der Waals surface area contributed by atoms with Gasteiger partial charge in [0.25, 0.3) is 0 Å². The molecule has 1 atom stereocenters. The third-order valence-corrected chi connectivity index (χ3v) is 3.95. The molecule has 2 aromatic carbocycles. The maximum Gasteiger partial charge on any atom is 0.125 e. The average molecular weight is 283 g/mol. The highest BCUT2D eigenvalue weighted by Crippen LogP contribution is 2.24. The molecule has 1 unspecified atom stereocenters. The van der Waals surface area contributed by atoms with Crippen molar-refractivity contribution < 1.29 is 4.74 Å². The Kier molecular flexibility index (Phi) is 5.40. The normalized spacial score (nSPS) is 12.2. The van der Waals surface area contributed by atoms with Gasteiger partial charge in [-0.05, 0) is 56.3 Å². The van der Waals surface area contributed by atoms with Gasteiger partial charge in [0.05, 0.1) is 6.61 Å². The Labute approximate surface area is 127 Å². The van der Waals surface area contributed by atoms with E-state index in [1.807, 2.05) is 0 Å². The number of rotatable bonds is 6. The third kappa shape index (κ3) is 4.08. The first-order chi connectivity index (χ1) is 10.1. The molecule has 0 aromatic heterocycles. The van der Waals surface area contributed by atoms with Gasteiger partial charge in [0, 0.05) is 0 Å². The largest absolute Gasteiger partial charge is 0.493 e. The van der Waals surface area contributed by atoms with E-state index in [0.29, 0.717) is 19.1 Å². The van der Waals surface area contributed by atoms with Gasteiger partial charge in [-0.15, -0.1) is 0 Å². The fourth-order valence-corrected chi connectivity index (χ4v) is 2.59. The monoisotopic (exact) mass is 283 g/mol. The summed E-state index contributed by atoms with van der Waals surface area (Å²) in [4.78, 5) is 0. The molecule has 0 aliphatic heterocycles. The number of aryl methyl sites for hydroxylation is 3. The van der Waals surface area contributed by atoms with E-state index in [0.717, 1.165) is 12.2 Å². The topological polar surface area (TPSA) is 35.2 Å². The van der Waals surface area contributed by atoms with Crippen molar-refractivity contribution in [3.05, 3.63) is 64.7 Å². The molecule has 0 fully saturated rings. The summed E-state index contributed by atoms with van der Waals surface area (Å²) in [6.45, 7) is 7.62. The van der Waals surface area contributed by atoms with Crippen molar-refractivity contribution in [2.75, 3.05) is 13.2 Å². The van der Waals surface area contributed by atoms with E-state index < -0.39 is 0 Å². The predicted octanol–water partition coefficient (Wildman–Crippen LogP) is 4.12. The lowest BCUT2D eigenvalue weighted by Crippen LogP contribution is -2.16. The van der Waals surface area contributed by atoms with Gasteiger partial charge >= 0.3 is 0 Å². The molecule has 0 saturated heterocycles. The molecule has 0 bridgehead atoms. The van der Waals surface area contributed by atoms with Gasteiger partial charge in [-0.1, -0.05) is 48.0 Å². The van der Waals surface area contributed by atoms with Crippen molar-refractivity contribution >= 4 is 0 Å². The zero-order chi connectivity index (χ0) is 15.2. The number of ether oxygens (including phenoxy) is 1. The summed E-state index contributed by atoms with van der Waals surface area (Å²) in [6, 6.07) is 14.9. The second-order valence-corrected chi connectivity index (χ2v) is 5.70. The molecular weight excluding hydrogens is 258 g/mol. The minimum Gasteiger partial charge on any atom is -0.493 e. The Bertz CT molecular complexity index is 554. The fourth-order valence-electron chi connectivity index (χ4n) is 2.59. The Balaban J connectivity index is 1.96. The summed E-state index contributed by atoms with van der Waals surface area (Å²) in [5.41, 5.74) is 10.9. The van der Waals surface area contributed by atoms with Crippen molar-refractivity contribution in [1.82, 2.24) is 0 Å². The molecule has 2 N–H and O–H groups in total. The summed E-state index contributed by atoms with van der Waals surface area (Å²) in [5.74, 6) is 1.37. The lowest BCUT2D eigenvalue weighted by Gasteiger charge is -2.17. The minimum atomic E-state index is 0.356. The number of hydrogen-bond acceptors (Lipinski definition) is 2. The minimum absolute atomic E-state index is 0.356. The molecule has 2 heteroatoms. The van der Waals surface area contributed by atoms with Gasteiger partial charge in [-0.25, -0.2) is 0 Å². The highest BCUT2D eigenvalue weighted by atomic mass is 16.5. The van der Waals surface area contributed by atoms with Crippen molar-refractivity contribution in [3.63, 3.8) is 0 Å². The second kappa shape index (κ2) is 7.28. The average Bonchev–Trinajstić information content (AvgIpc) is 2.47. The second-order valence-electron chi connectivity index (χ2n) is 5.70. The quantitative estimate of drug-likeness (QED) is 0.865. The van der Waals surface area contributed by atoms with E-state index in [9.17, 15) is 0 Å². The Hall–Kier alpha value is -1.80. The number of benzene rings is 2. The maximum absolute atomic E-state index is 5.99. The van der Waals surface area contributed by atoms with Gasteiger partial charge in [0.2, 0.25) is 0 Å². The third-order valence-electron chi connectivity index (χ3n) is 3.95. The number of nitrogens with two attached hydrogens (primary N) is 1. The molecule has 2 aromatic rings. The lowest BCUT2D eigenvalue weighted by molar-refractivity contribution is 0.294. The molecule has 0 radical (unpaired) electrons. The van der Waals surface area contributed by atoms with E-state index in [1.165, 1.54) is 22.3 Å². The van der Waals surface area contributed by atoms with Crippen LogP contribution in [0.1, 0.15) is 34.6 Å². The van der Waals surface area contributed by atoms with Crippen LogP contribution in [0.25, 0.3) is 0 Å². The molecule has 2 rings (SSSR count). The van der Waals surface area contributed by atoms with Crippen molar-refractivity contribution in [2.45, 2.75) is 33.1 Å². The van der Waals surface area contributed by atoms with Crippen LogP contribution in [0.2, 0.25) is 0 Å². The van der Waals surface area contributed by atoms with Gasteiger partial charge in [0.1, 0.15) is 5.75 Å². The zero-order valence-corrected chi connectivity index (χ0v) is 13.2. The van der Waals surface area contributed by atoms with Crippen LogP contribution in [0.3, 0.4) is 0 Å². The zero-order valence-electron chi connectivity index (χ0n) is 13.2. The summed E-state index contributed by atoms with van der Waals surface area (Å²) in [5, 5.41) is 0. The van der Waals surface area contributed by atoms with Crippen LogP contribution >= 0.6 is 0 Å². The predicted molar refractivity (Wildman–Crippen MR) is 89.0 cm³/mol. The molecule has 21 heavy (non-hydrogen) atoms. The summed E-state index contributed by atoms with van der Waals surface area (Å²) in [7, 11) is 0. The van der Waals surface area contributed by atoms with Crippen molar-refractivity contribution in [3.8, 4) is 5.75 Å². The van der Waals surface area contributed by atoms with Crippen LogP contribution in [-0.2, 0) is 0 Å². The first kappa shape index (κ1) is 15.6. The van der Waals surface area contributed by atoms with Crippen LogP contribution in [-0.4, -0.2) is 13.2 Å². The molecule has 0 amide bonds. The Morgan fingerprint density at radius 1 is 0.952 bits per heavy atom. The summed E-state index contributed by atoms with van der Waals surface area (Å²) >= 11 is 0. The number of hydrogen-bond donors (Lipinski definition) is 1. The van der Waals surface area contributed by atoms with Crippen molar-refractivity contribution in [2.24, 2.45) is 5.73 Å². The molecule has 0 aliphatic carbocycles. The molecular formula is C19H25NO. The van der Waals surface area contributed by atoms with Crippen LogP contribution in [0.4, 0.5) is 0 Å². The summed E-state index contributed by atoms with van der Waals surface area (Å²) in [6.07, 6.45) is 0.938. The Morgan fingerprint density at radius 2 is 1.57 bits per heavy atom. The van der Waals surface area contributed by atoms with Crippen LogP contribution in [0.5, 0.6) is 5.75 Å². The maximum atomic E-state index is 5.99. The Morgan fingerprint density at radius 3 is 2.14 bits per heavy atom. The van der Waals surface area contributed by atoms with E-state index >= 15 is 0 Å². The molecule has 112 valence electrons. The van der Waals surface area contributed by atoms with Gasteiger partial charge in [-0.2, -0.15) is 0 Å². The van der Waals surface area contributed by atoms with E-state index in [-0.39, 0.29) is 0 Å².